The summed E-state index contributed by atoms with van der Waals surface area (Å²) in [5, 5.41) is 3.56. The van der Waals surface area contributed by atoms with Crippen LogP contribution < -0.4 is 10.1 Å². The van der Waals surface area contributed by atoms with E-state index in [0.717, 1.165) is 34.3 Å². The Morgan fingerprint density at radius 3 is 2.49 bits per heavy atom. The molecule has 0 bridgehead atoms. The Morgan fingerprint density at radius 1 is 1.14 bits per heavy atom. The van der Waals surface area contributed by atoms with Gasteiger partial charge in [0.25, 0.3) is 5.91 Å². The van der Waals surface area contributed by atoms with Crippen LogP contribution in [0.5, 0.6) is 5.75 Å². The van der Waals surface area contributed by atoms with Crippen molar-refractivity contribution >= 4 is 17.2 Å². The number of nitrogens with one attached hydrogen (secondary N) is 1. The number of benzene rings is 1. The molecule has 1 saturated heterocycles. The lowest BCUT2D eigenvalue weighted by atomic mass is 10.1. The molecule has 1 amide bonds. The third-order valence-corrected chi connectivity index (χ3v) is 6.82. The number of alkyl halides is 3. The lowest BCUT2D eigenvalue weighted by Crippen LogP contribution is -2.27. The van der Waals surface area contributed by atoms with Gasteiger partial charge in [-0.15, -0.1) is 11.3 Å². The molecule has 7 nitrogen and oxygen atoms in total. The van der Waals surface area contributed by atoms with Gasteiger partial charge in [0.15, 0.2) is 0 Å². The van der Waals surface area contributed by atoms with E-state index in [1.54, 1.807) is 30.4 Å². The van der Waals surface area contributed by atoms with Crippen LogP contribution in [0.3, 0.4) is 0 Å². The molecule has 3 heterocycles. The lowest BCUT2D eigenvalue weighted by Gasteiger charge is -2.17. The van der Waals surface area contributed by atoms with Gasteiger partial charge in [0.05, 0.1) is 19.3 Å². The smallest absolute Gasteiger partial charge is 0.451 e. The first kappa shape index (κ1) is 25.1. The minimum Gasteiger partial charge on any atom is -0.488 e. The van der Waals surface area contributed by atoms with Crippen LogP contribution in [0.2, 0.25) is 0 Å². The molecule has 0 saturated carbocycles. The normalized spacial score (nSPS) is 16.9. The van der Waals surface area contributed by atoms with E-state index < -0.39 is 23.9 Å². The number of carbonyl (C=O) groups excluding carboxylic acids is 1. The van der Waals surface area contributed by atoms with Gasteiger partial charge in [0, 0.05) is 46.6 Å². The predicted molar refractivity (Wildman–Crippen MR) is 124 cm³/mol. The molecule has 4 rings (SSSR count). The molecule has 0 spiro atoms. The second-order valence-electron chi connectivity index (χ2n) is 8.60. The van der Waals surface area contributed by atoms with Crippen molar-refractivity contribution in [3.8, 4) is 16.3 Å². The fraction of sp³-hybridized carbons (Fsp3) is 0.417. The zero-order valence-corrected chi connectivity index (χ0v) is 20.2. The van der Waals surface area contributed by atoms with Crippen molar-refractivity contribution in [3.05, 3.63) is 58.6 Å². The first-order chi connectivity index (χ1) is 16.6. The number of nitrogens with zero attached hydrogens (tertiary/aromatic N) is 3. The Bertz CT molecular complexity index is 1180. The van der Waals surface area contributed by atoms with Gasteiger partial charge in [-0.3, -0.25) is 4.79 Å². The Labute approximate surface area is 204 Å². The van der Waals surface area contributed by atoms with Crippen LogP contribution in [0.4, 0.5) is 13.2 Å². The van der Waals surface area contributed by atoms with E-state index in [4.69, 9.17) is 9.47 Å². The van der Waals surface area contributed by atoms with E-state index in [9.17, 15) is 18.0 Å². The highest BCUT2D eigenvalue weighted by Crippen LogP contribution is 2.33. The molecule has 2 aromatic heterocycles. The summed E-state index contributed by atoms with van der Waals surface area (Å²) < 4.78 is 49.7. The van der Waals surface area contributed by atoms with Gasteiger partial charge >= 0.3 is 6.18 Å². The zero-order chi connectivity index (χ0) is 25.2. The van der Waals surface area contributed by atoms with E-state index in [-0.39, 0.29) is 6.10 Å². The highest BCUT2D eigenvalue weighted by atomic mass is 32.1. The van der Waals surface area contributed by atoms with Crippen molar-refractivity contribution in [1.82, 2.24) is 20.3 Å². The number of hydrogen-bond acceptors (Lipinski definition) is 7. The van der Waals surface area contributed by atoms with Gasteiger partial charge in [0.2, 0.25) is 5.82 Å². The number of thiazole rings is 1. The molecular weight excluding hydrogens is 481 g/mol. The van der Waals surface area contributed by atoms with E-state index in [1.807, 2.05) is 12.3 Å². The summed E-state index contributed by atoms with van der Waals surface area (Å²) in [6.07, 6.45) is -0.0194. The molecule has 0 aliphatic carbocycles. The van der Waals surface area contributed by atoms with Crippen LogP contribution >= 0.6 is 11.3 Å². The molecule has 0 radical (unpaired) electrons. The van der Waals surface area contributed by atoms with Crippen LogP contribution in [0, 0.1) is 0 Å². The number of aromatic nitrogens is 3. The Morgan fingerprint density at radius 2 is 1.89 bits per heavy atom. The number of rotatable bonds is 7. The highest BCUT2D eigenvalue weighted by Gasteiger charge is 2.34. The van der Waals surface area contributed by atoms with E-state index >= 15 is 0 Å². The Balaban J connectivity index is 1.58. The molecule has 0 unspecified atom stereocenters. The average Bonchev–Trinajstić information content (AvgIpc) is 3.51. The summed E-state index contributed by atoms with van der Waals surface area (Å²) in [7, 11) is 0. The Kier molecular flexibility index (Phi) is 7.36. The third-order valence-electron chi connectivity index (χ3n) is 5.47. The van der Waals surface area contributed by atoms with Crippen molar-refractivity contribution in [3.63, 3.8) is 0 Å². The molecule has 2 atom stereocenters. The van der Waals surface area contributed by atoms with Crippen molar-refractivity contribution < 1.29 is 27.4 Å². The first-order valence-electron chi connectivity index (χ1n) is 11.2. The second kappa shape index (κ2) is 10.3. The molecule has 1 aliphatic heterocycles. The van der Waals surface area contributed by atoms with Crippen LogP contribution in [0.25, 0.3) is 10.6 Å². The summed E-state index contributed by atoms with van der Waals surface area (Å²) in [6, 6.07) is 4.61. The van der Waals surface area contributed by atoms with Crippen molar-refractivity contribution in [2.45, 2.75) is 51.4 Å². The largest absolute Gasteiger partial charge is 0.488 e. The maximum Gasteiger partial charge on any atom is 0.451 e. The van der Waals surface area contributed by atoms with Crippen LogP contribution in [0.1, 0.15) is 65.8 Å². The summed E-state index contributed by atoms with van der Waals surface area (Å²) in [6.45, 7) is 6.92. The number of carbonyl (C=O) groups is 1. The number of halogens is 3. The van der Waals surface area contributed by atoms with Gasteiger partial charge in [-0.1, -0.05) is 13.8 Å². The van der Waals surface area contributed by atoms with Gasteiger partial charge < -0.3 is 14.8 Å². The van der Waals surface area contributed by atoms with Gasteiger partial charge in [-0.2, -0.15) is 13.2 Å². The quantitative estimate of drug-likeness (QED) is 0.462. The van der Waals surface area contributed by atoms with Crippen LogP contribution in [0.15, 0.2) is 36.8 Å². The van der Waals surface area contributed by atoms with E-state index in [0.29, 0.717) is 36.0 Å². The topological polar surface area (TPSA) is 86.2 Å². The Hall–Kier alpha value is -3.05. The van der Waals surface area contributed by atoms with Gasteiger partial charge in [-0.05, 0) is 31.0 Å². The molecule has 1 fully saturated rings. The minimum atomic E-state index is -4.63. The number of ether oxygens (including phenoxy) is 2. The molecule has 1 aliphatic rings. The molecule has 186 valence electrons. The standard InChI is InChI=1S/C24H25F3N4O3S/c1-13(2)20-11-28-22(35-20)16-6-15(7-19(8-16)34-18-4-5-33-12-18)21(32)31-14(3)17-9-29-23(30-10-17)24(25,26)27/h6-11,13-14,18H,4-5,12H2,1-3H3,(H,31,32)/t14-,18+/m1/s1. The molecule has 3 aromatic rings. The zero-order valence-electron chi connectivity index (χ0n) is 19.4. The highest BCUT2D eigenvalue weighted by molar-refractivity contribution is 7.15. The lowest BCUT2D eigenvalue weighted by molar-refractivity contribution is -0.145. The SMILES string of the molecule is CC(C)c1cnc(-c2cc(O[C@H]3CCOC3)cc(C(=O)N[C@H](C)c3cnc(C(F)(F)F)nc3)c2)s1. The molecule has 11 heteroatoms. The van der Waals surface area contributed by atoms with E-state index in [1.165, 1.54) is 0 Å². The van der Waals surface area contributed by atoms with Crippen LogP contribution in [-0.2, 0) is 10.9 Å². The van der Waals surface area contributed by atoms with Crippen LogP contribution in [-0.4, -0.2) is 40.2 Å². The van der Waals surface area contributed by atoms with Gasteiger partial charge in [-0.25, -0.2) is 15.0 Å². The summed E-state index contributed by atoms with van der Waals surface area (Å²) in [5.41, 5.74) is 1.44. The summed E-state index contributed by atoms with van der Waals surface area (Å²) in [5.74, 6) is -0.789. The molecule has 1 aromatic carbocycles. The molecule has 35 heavy (non-hydrogen) atoms. The van der Waals surface area contributed by atoms with Crippen molar-refractivity contribution in [2.24, 2.45) is 0 Å². The third kappa shape index (κ3) is 6.15. The molecular formula is C24H25F3N4O3S. The number of hydrogen-bond donors (Lipinski definition) is 1. The maximum absolute atomic E-state index is 13.1. The monoisotopic (exact) mass is 506 g/mol. The second-order valence-corrected chi connectivity index (χ2v) is 9.67. The fourth-order valence-corrected chi connectivity index (χ4v) is 4.38. The average molecular weight is 507 g/mol. The number of amides is 1. The summed E-state index contributed by atoms with van der Waals surface area (Å²) >= 11 is 1.55. The van der Waals surface area contributed by atoms with E-state index in [2.05, 4.69) is 34.1 Å². The summed E-state index contributed by atoms with van der Waals surface area (Å²) in [4.78, 5) is 25.5. The molecule has 1 N–H and O–H groups in total. The minimum absolute atomic E-state index is 0.105. The first-order valence-corrected chi connectivity index (χ1v) is 12.0. The van der Waals surface area contributed by atoms with Gasteiger partial charge in [0.1, 0.15) is 16.9 Å². The maximum atomic E-state index is 13.1. The van der Waals surface area contributed by atoms with Crippen molar-refractivity contribution in [2.75, 3.05) is 13.2 Å². The fourth-order valence-electron chi connectivity index (χ4n) is 3.48. The predicted octanol–water partition coefficient (Wildman–Crippen LogP) is 5.40. The van der Waals surface area contributed by atoms with Crippen molar-refractivity contribution in [1.29, 1.82) is 0 Å².